The van der Waals surface area contributed by atoms with E-state index in [1.165, 1.54) is 0 Å². The van der Waals surface area contributed by atoms with Gasteiger partial charge in [-0.3, -0.25) is 9.69 Å². The maximum atomic E-state index is 13.4. The van der Waals surface area contributed by atoms with Crippen LogP contribution in [-0.2, 0) is 4.79 Å². The highest BCUT2D eigenvalue weighted by Crippen LogP contribution is 2.33. The lowest BCUT2D eigenvalue weighted by Gasteiger charge is -2.33. The number of likely N-dealkylation sites (N-methyl/N-ethyl adjacent to an activating group) is 1. The van der Waals surface area contributed by atoms with Crippen LogP contribution in [0.15, 0.2) is 36.1 Å². The van der Waals surface area contributed by atoms with Gasteiger partial charge in [-0.25, -0.2) is 4.39 Å². The van der Waals surface area contributed by atoms with Crippen molar-refractivity contribution in [3.8, 4) is 0 Å². The molecule has 2 heterocycles. The molecule has 1 unspecified atom stereocenters. The van der Waals surface area contributed by atoms with Gasteiger partial charge in [0, 0.05) is 31.9 Å². The second-order valence-electron chi connectivity index (χ2n) is 5.96. The minimum Gasteiger partial charge on any atom is -0.305 e. The molecule has 0 bridgehead atoms. The standard InChI is InChI=1S/C17H26FN3O.C2H6/c1-4-6-14-11-15(12-18)21(16(14)5-2)17(22)13-20-9-7-19(3)8-10-20;1-2/h4-6,15H,1,7-13H2,2-3H3;1-2H3/b14-6-,16-5+;. The number of likely N-dealkylation sites (tertiary alicyclic amines) is 1. The molecular formula is C19H32FN3O. The Morgan fingerprint density at radius 1 is 1.29 bits per heavy atom. The molecule has 2 aliphatic rings. The van der Waals surface area contributed by atoms with Crippen LogP contribution in [0.5, 0.6) is 0 Å². The fraction of sp³-hybridized carbons (Fsp3) is 0.632. The van der Waals surface area contributed by atoms with Crippen molar-refractivity contribution in [1.29, 1.82) is 0 Å². The summed E-state index contributed by atoms with van der Waals surface area (Å²) in [5.74, 6) is -0.00670. The highest BCUT2D eigenvalue weighted by Gasteiger charge is 2.36. The van der Waals surface area contributed by atoms with Crippen molar-refractivity contribution in [3.63, 3.8) is 0 Å². The Bertz CT molecular complexity index is 479. The smallest absolute Gasteiger partial charge is 0.241 e. The molecule has 1 atom stereocenters. The molecule has 136 valence electrons. The highest BCUT2D eigenvalue weighted by atomic mass is 19.1. The number of nitrogens with zero attached hydrogens (tertiary/aromatic N) is 3. The fourth-order valence-electron chi connectivity index (χ4n) is 3.16. The molecule has 2 aliphatic heterocycles. The molecule has 2 rings (SSSR count). The maximum Gasteiger partial charge on any atom is 0.241 e. The molecule has 2 fully saturated rings. The van der Waals surface area contributed by atoms with E-state index in [1.54, 1.807) is 11.0 Å². The average molecular weight is 337 g/mol. The number of halogens is 1. The second kappa shape index (κ2) is 10.4. The summed E-state index contributed by atoms with van der Waals surface area (Å²) in [6.07, 6.45) is 6.03. The molecule has 0 spiro atoms. The van der Waals surface area contributed by atoms with Crippen LogP contribution in [0.1, 0.15) is 27.2 Å². The first-order valence-corrected chi connectivity index (χ1v) is 8.88. The Balaban J connectivity index is 0.00000139. The first-order valence-electron chi connectivity index (χ1n) is 8.88. The molecule has 0 radical (unpaired) electrons. The van der Waals surface area contributed by atoms with Crippen molar-refractivity contribution in [2.45, 2.75) is 33.2 Å². The number of allylic oxidation sites excluding steroid dienone is 4. The molecule has 0 aliphatic carbocycles. The molecule has 0 saturated carbocycles. The van der Waals surface area contributed by atoms with Gasteiger partial charge in [-0.05, 0) is 26.0 Å². The van der Waals surface area contributed by atoms with Gasteiger partial charge in [0.1, 0.15) is 6.67 Å². The molecule has 2 saturated heterocycles. The zero-order valence-electron chi connectivity index (χ0n) is 15.6. The molecule has 0 aromatic heterocycles. The van der Waals surface area contributed by atoms with E-state index in [1.807, 2.05) is 32.9 Å². The normalized spacial score (nSPS) is 25.7. The average Bonchev–Trinajstić information content (AvgIpc) is 2.96. The minimum absolute atomic E-state index is 0.00670. The number of alkyl halides is 1. The maximum absolute atomic E-state index is 13.4. The largest absolute Gasteiger partial charge is 0.305 e. The van der Waals surface area contributed by atoms with Gasteiger partial charge in [0.15, 0.2) is 0 Å². The summed E-state index contributed by atoms with van der Waals surface area (Å²) in [7, 11) is 2.09. The molecule has 5 heteroatoms. The van der Waals surface area contributed by atoms with Crippen molar-refractivity contribution < 1.29 is 9.18 Å². The third-order valence-corrected chi connectivity index (χ3v) is 4.40. The summed E-state index contributed by atoms with van der Waals surface area (Å²) in [5.41, 5.74) is 1.83. The van der Waals surface area contributed by atoms with E-state index in [0.717, 1.165) is 37.4 Å². The predicted molar refractivity (Wildman–Crippen MR) is 98.5 cm³/mol. The van der Waals surface area contributed by atoms with Gasteiger partial charge in [0.2, 0.25) is 5.91 Å². The van der Waals surface area contributed by atoms with Crippen LogP contribution in [0.2, 0.25) is 0 Å². The third kappa shape index (κ3) is 5.02. The molecule has 24 heavy (non-hydrogen) atoms. The minimum atomic E-state index is -0.514. The zero-order chi connectivity index (χ0) is 18.1. The number of rotatable bonds is 4. The summed E-state index contributed by atoms with van der Waals surface area (Å²) in [6.45, 7) is 13.2. The van der Waals surface area contributed by atoms with Gasteiger partial charge in [0.25, 0.3) is 0 Å². The summed E-state index contributed by atoms with van der Waals surface area (Å²) >= 11 is 0. The summed E-state index contributed by atoms with van der Waals surface area (Å²) < 4.78 is 13.4. The SMILES string of the molecule is C=C/C=C1/CC(CF)N(C(=O)CN2CCN(C)CC2)/C1=C/C.CC. The van der Waals surface area contributed by atoms with Crippen molar-refractivity contribution in [2.75, 3.05) is 46.4 Å². The first kappa shape index (κ1) is 20.6. The lowest BCUT2D eigenvalue weighted by atomic mass is 10.1. The topological polar surface area (TPSA) is 26.8 Å². The van der Waals surface area contributed by atoms with E-state index in [4.69, 9.17) is 0 Å². The van der Waals surface area contributed by atoms with E-state index in [9.17, 15) is 9.18 Å². The lowest BCUT2D eigenvalue weighted by molar-refractivity contribution is -0.132. The molecule has 0 aromatic carbocycles. The summed E-state index contributed by atoms with van der Waals surface area (Å²) in [4.78, 5) is 18.7. The van der Waals surface area contributed by atoms with Gasteiger partial charge < -0.3 is 9.80 Å². The second-order valence-corrected chi connectivity index (χ2v) is 5.96. The Morgan fingerprint density at radius 2 is 1.92 bits per heavy atom. The van der Waals surface area contributed by atoms with Gasteiger partial charge in [-0.2, -0.15) is 0 Å². The van der Waals surface area contributed by atoms with E-state index in [2.05, 4.69) is 23.4 Å². The monoisotopic (exact) mass is 337 g/mol. The molecule has 1 amide bonds. The summed E-state index contributed by atoms with van der Waals surface area (Å²) in [6, 6.07) is -0.377. The lowest BCUT2D eigenvalue weighted by Crippen LogP contribution is -2.49. The summed E-state index contributed by atoms with van der Waals surface area (Å²) in [5, 5.41) is 0. The number of hydrogen-bond acceptors (Lipinski definition) is 3. The number of amides is 1. The molecule has 0 N–H and O–H groups in total. The van der Waals surface area contributed by atoms with Crippen LogP contribution in [0, 0.1) is 0 Å². The zero-order valence-corrected chi connectivity index (χ0v) is 15.6. The Kier molecular flexibility index (Phi) is 8.93. The van der Waals surface area contributed by atoms with Crippen LogP contribution in [0.25, 0.3) is 0 Å². The van der Waals surface area contributed by atoms with Gasteiger partial charge in [-0.1, -0.05) is 38.7 Å². The third-order valence-electron chi connectivity index (χ3n) is 4.40. The molecule has 0 aromatic rings. The fourth-order valence-corrected chi connectivity index (χ4v) is 3.16. The van der Waals surface area contributed by atoms with Crippen molar-refractivity contribution >= 4 is 5.91 Å². The van der Waals surface area contributed by atoms with E-state index in [-0.39, 0.29) is 11.9 Å². The van der Waals surface area contributed by atoms with Gasteiger partial charge in [-0.15, -0.1) is 0 Å². The Labute approximate surface area is 146 Å². The quantitative estimate of drug-likeness (QED) is 0.789. The van der Waals surface area contributed by atoms with Crippen LogP contribution in [0.3, 0.4) is 0 Å². The van der Waals surface area contributed by atoms with Crippen molar-refractivity contribution in [3.05, 3.63) is 36.1 Å². The Hall–Kier alpha value is -1.46. The first-order chi connectivity index (χ1) is 11.6. The van der Waals surface area contributed by atoms with Crippen molar-refractivity contribution in [2.24, 2.45) is 0 Å². The van der Waals surface area contributed by atoms with Gasteiger partial charge >= 0.3 is 0 Å². The number of carbonyl (C=O) groups is 1. The van der Waals surface area contributed by atoms with E-state index >= 15 is 0 Å². The predicted octanol–water partition coefficient (Wildman–Crippen LogP) is 2.85. The number of piperazine rings is 1. The van der Waals surface area contributed by atoms with Crippen molar-refractivity contribution in [1.82, 2.24) is 14.7 Å². The molecule has 4 nitrogen and oxygen atoms in total. The number of hydrogen-bond donors (Lipinski definition) is 0. The van der Waals surface area contributed by atoms with Crippen LogP contribution in [-0.4, -0.2) is 73.1 Å². The Morgan fingerprint density at radius 3 is 2.42 bits per heavy atom. The van der Waals surface area contributed by atoms with E-state index in [0.29, 0.717) is 13.0 Å². The van der Waals surface area contributed by atoms with Crippen LogP contribution >= 0.6 is 0 Å². The van der Waals surface area contributed by atoms with E-state index < -0.39 is 6.67 Å². The molecular weight excluding hydrogens is 305 g/mol. The number of carbonyl (C=O) groups excluding carboxylic acids is 1. The highest BCUT2D eigenvalue weighted by molar-refractivity contribution is 5.82. The van der Waals surface area contributed by atoms with Gasteiger partial charge in [0.05, 0.1) is 12.6 Å². The van der Waals surface area contributed by atoms with Crippen LogP contribution < -0.4 is 0 Å². The van der Waals surface area contributed by atoms with Crippen LogP contribution in [0.4, 0.5) is 4.39 Å².